The molecular weight excluding hydrogens is 225 g/mol. The molecule has 0 aromatic heterocycles. The van der Waals surface area contributed by atoms with E-state index < -0.39 is 0 Å². The van der Waals surface area contributed by atoms with Crippen molar-refractivity contribution in [3.63, 3.8) is 0 Å². The van der Waals surface area contributed by atoms with Gasteiger partial charge in [0.05, 0.1) is 0 Å². The molecule has 1 aliphatic carbocycles. The molecule has 2 heteroatoms. The Hall–Kier alpha value is -1.57. The van der Waals surface area contributed by atoms with Crippen molar-refractivity contribution in [1.82, 2.24) is 5.32 Å². The number of allylic oxidation sites excluding steroid dienone is 3. The van der Waals surface area contributed by atoms with Crippen LogP contribution >= 0.6 is 0 Å². The zero-order valence-electron chi connectivity index (χ0n) is 10.9. The maximum atomic E-state index is 13.1. The van der Waals surface area contributed by atoms with E-state index in [0.717, 1.165) is 25.7 Å². The summed E-state index contributed by atoms with van der Waals surface area (Å²) in [7, 11) is 1.95. The van der Waals surface area contributed by atoms with Crippen molar-refractivity contribution >= 4 is 0 Å². The van der Waals surface area contributed by atoms with Gasteiger partial charge >= 0.3 is 0 Å². The first kappa shape index (κ1) is 12.9. The largest absolute Gasteiger partial charge is 0.392 e. The van der Waals surface area contributed by atoms with Gasteiger partial charge in [0.2, 0.25) is 0 Å². The van der Waals surface area contributed by atoms with Crippen molar-refractivity contribution in [3.8, 4) is 0 Å². The number of benzene rings is 1. The van der Waals surface area contributed by atoms with Crippen LogP contribution in [-0.4, -0.2) is 7.05 Å². The quantitative estimate of drug-likeness (QED) is 0.775. The number of hydrogen-bond acceptors (Lipinski definition) is 1. The van der Waals surface area contributed by atoms with Crippen LogP contribution in [0.5, 0.6) is 0 Å². The highest BCUT2D eigenvalue weighted by Crippen LogP contribution is 2.37. The van der Waals surface area contributed by atoms with E-state index in [-0.39, 0.29) is 5.82 Å². The molecule has 1 aliphatic rings. The fourth-order valence-corrected chi connectivity index (χ4v) is 2.66. The van der Waals surface area contributed by atoms with E-state index in [1.54, 1.807) is 12.1 Å². The summed E-state index contributed by atoms with van der Waals surface area (Å²) in [6.45, 7) is 3.73. The Labute approximate surface area is 108 Å². The second-order valence-electron chi connectivity index (χ2n) is 4.79. The molecule has 1 nitrogen and oxygen atoms in total. The predicted molar refractivity (Wildman–Crippen MR) is 74.0 cm³/mol. The van der Waals surface area contributed by atoms with Gasteiger partial charge in [-0.1, -0.05) is 18.2 Å². The van der Waals surface area contributed by atoms with Crippen LogP contribution in [-0.2, 0) is 6.42 Å². The van der Waals surface area contributed by atoms with Gasteiger partial charge in [0.1, 0.15) is 5.82 Å². The summed E-state index contributed by atoms with van der Waals surface area (Å²) in [6, 6.07) is 5.20. The molecule has 1 N–H and O–H groups in total. The summed E-state index contributed by atoms with van der Waals surface area (Å²) in [6.07, 6.45) is 8.08. The van der Waals surface area contributed by atoms with Gasteiger partial charge in [0.25, 0.3) is 0 Å². The Morgan fingerprint density at radius 1 is 1.56 bits per heavy atom. The Morgan fingerprint density at radius 2 is 2.39 bits per heavy atom. The first-order chi connectivity index (χ1) is 8.74. The van der Waals surface area contributed by atoms with Crippen molar-refractivity contribution in [2.45, 2.75) is 31.6 Å². The molecule has 0 saturated carbocycles. The number of nitrogens with one attached hydrogen (secondary N) is 1. The van der Waals surface area contributed by atoms with Gasteiger partial charge < -0.3 is 5.32 Å². The smallest absolute Gasteiger partial charge is 0.123 e. The summed E-state index contributed by atoms with van der Waals surface area (Å²) in [5.74, 6) is 0.398. The molecule has 1 aromatic rings. The third-order valence-electron chi connectivity index (χ3n) is 3.63. The zero-order chi connectivity index (χ0) is 13.0. The number of hydrogen-bond donors (Lipinski definition) is 1. The molecule has 0 spiro atoms. The molecule has 0 amide bonds. The van der Waals surface area contributed by atoms with Gasteiger partial charge in [0, 0.05) is 12.7 Å². The molecule has 1 atom stereocenters. The van der Waals surface area contributed by atoms with E-state index in [2.05, 4.69) is 18.0 Å². The van der Waals surface area contributed by atoms with Gasteiger partial charge in [-0.2, -0.15) is 0 Å². The molecule has 0 radical (unpaired) electrons. The molecule has 0 bridgehead atoms. The van der Waals surface area contributed by atoms with Crippen LogP contribution in [0.3, 0.4) is 0 Å². The van der Waals surface area contributed by atoms with Crippen molar-refractivity contribution in [1.29, 1.82) is 0 Å². The molecule has 1 unspecified atom stereocenters. The average molecular weight is 245 g/mol. The van der Waals surface area contributed by atoms with Crippen LogP contribution in [0.1, 0.15) is 36.3 Å². The van der Waals surface area contributed by atoms with Crippen LogP contribution in [0.4, 0.5) is 4.39 Å². The third-order valence-corrected chi connectivity index (χ3v) is 3.63. The molecule has 0 saturated heterocycles. The second kappa shape index (κ2) is 5.85. The average Bonchev–Trinajstić information content (AvgIpc) is 2.76. The number of fused-ring (bicyclic) bond motifs is 1. The lowest BCUT2D eigenvalue weighted by atomic mass is 9.95. The minimum atomic E-state index is -0.120. The van der Waals surface area contributed by atoms with Crippen LogP contribution < -0.4 is 5.32 Å². The number of rotatable bonds is 5. The van der Waals surface area contributed by atoms with Crippen LogP contribution in [0, 0.1) is 5.82 Å². The zero-order valence-corrected chi connectivity index (χ0v) is 10.9. The van der Waals surface area contributed by atoms with E-state index in [4.69, 9.17) is 0 Å². The van der Waals surface area contributed by atoms with E-state index >= 15 is 0 Å². The van der Waals surface area contributed by atoms with Crippen LogP contribution in [0.15, 0.2) is 42.6 Å². The van der Waals surface area contributed by atoms with Gasteiger partial charge in [-0.15, -0.1) is 6.58 Å². The lowest BCUT2D eigenvalue weighted by Crippen LogP contribution is -2.09. The summed E-state index contributed by atoms with van der Waals surface area (Å²) in [5.41, 5.74) is 3.74. The standard InChI is InChI=1S/C16H20FN/c1-3-4-5-15(18-2)11-13-7-6-12-10-14(17)8-9-16(12)13/h3,5,8-10,13,18H,1,4,6-7,11H2,2H3/b15-5-. The minimum Gasteiger partial charge on any atom is -0.392 e. The monoisotopic (exact) mass is 245 g/mol. The lowest BCUT2D eigenvalue weighted by molar-refractivity contribution is 0.625. The maximum Gasteiger partial charge on any atom is 0.123 e. The Bertz CT molecular complexity index is 462. The third kappa shape index (κ3) is 2.81. The van der Waals surface area contributed by atoms with Crippen LogP contribution in [0.2, 0.25) is 0 Å². The van der Waals surface area contributed by atoms with Crippen molar-refractivity contribution in [3.05, 3.63) is 59.6 Å². The molecule has 96 valence electrons. The SMILES string of the molecule is C=CC/C=C(/CC1CCc2cc(F)ccc21)NC. The van der Waals surface area contributed by atoms with Gasteiger partial charge in [-0.05, 0) is 54.9 Å². The highest BCUT2D eigenvalue weighted by Gasteiger charge is 2.23. The van der Waals surface area contributed by atoms with Gasteiger partial charge in [0.15, 0.2) is 0 Å². The fourth-order valence-electron chi connectivity index (χ4n) is 2.66. The van der Waals surface area contributed by atoms with Crippen LogP contribution in [0.25, 0.3) is 0 Å². The van der Waals surface area contributed by atoms with E-state index in [9.17, 15) is 4.39 Å². The molecule has 18 heavy (non-hydrogen) atoms. The van der Waals surface area contributed by atoms with Gasteiger partial charge in [-0.25, -0.2) is 4.39 Å². The molecule has 2 rings (SSSR count). The topological polar surface area (TPSA) is 12.0 Å². The second-order valence-corrected chi connectivity index (χ2v) is 4.79. The maximum absolute atomic E-state index is 13.1. The van der Waals surface area contributed by atoms with Crippen molar-refractivity contribution < 1.29 is 4.39 Å². The Morgan fingerprint density at radius 3 is 3.11 bits per heavy atom. The summed E-state index contributed by atoms with van der Waals surface area (Å²) in [4.78, 5) is 0. The molecule has 0 fully saturated rings. The first-order valence-electron chi connectivity index (χ1n) is 6.50. The van der Waals surface area contributed by atoms with E-state index in [1.807, 2.05) is 19.2 Å². The van der Waals surface area contributed by atoms with E-state index in [0.29, 0.717) is 5.92 Å². The Balaban J connectivity index is 2.11. The fraction of sp³-hybridized carbons (Fsp3) is 0.375. The summed E-state index contributed by atoms with van der Waals surface area (Å²) < 4.78 is 13.1. The lowest BCUT2D eigenvalue weighted by Gasteiger charge is -2.14. The highest BCUT2D eigenvalue weighted by atomic mass is 19.1. The first-order valence-corrected chi connectivity index (χ1v) is 6.50. The van der Waals surface area contributed by atoms with Crippen molar-refractivity contribution in [2.24, 2.45) is 0 Å². The minimum absolute atomic E-state index is 0.120. The van der Waals surface area contributed by atoms with Crippen molar-refractivity contribution in [2.75, 3.05) is 7.05 Å². The summed E-state index contributed by atoms with van der Waals surface area (Å²) in [5, 5.41) is 3.25. The molecule has 1 aromatic carbocycles. The Kier molecular flexibility index (Phi) is 4.19. The molecular formula is C16H20FN. The normalized spacial score (nSPS) is 18.6. The van der Waals surface area contributed by atoms with E-state index in [1.165, 1.54) is 16.8 Å². The molecule has 0 heterocycles. The number of halogens is 1. The highest BCUT2D eigenvalue weighted by molar-refractivity contribution is 5.36. The molecule has 0 aliphatic heterocycles. The predicted octanol–water partition coefficient (Wildman–Crippen LogP) is 3.93. The number of aryl methyl sites for hydroxylation is 1. The summed E-state index contributed by atoms with van der Waals surface area (Å²) >= 11 is 0. The van der Waals surface area contributed by atoms with Gasteiger partial charge in [-0.3, -0.25) is 0 Å².